The first-order valence-electron chi connectivity index (χ1n) is 8.15. The number of hydrogen-bond donors (Lipinski definition) is 1. The number of aryl methyl sites for hydroxylation is 2. The third-order valence-electron chi connectivity index (χ3n) is 3.97. The number of methoxy groups -OCH3 is 1. The Balaban J connectivity index is 2.21. The zero-order chi connectivity index (χ0) is 20.2. The van der Waals surface area contributed by atoms with Crippen molar-refractivity contribution in [1.82, 2.24) is 0 Å². The topological polar surface area (TPSA) is 92.8 Å². The Bertz CT molecular complexity index is 932. The van der Waals surface area contributed by atoms with Gasteiger partial charge in [-0.05, 0) is 49.2 Å². The van der Waals surface area contributed by atoms with Crippen molar-refractivity contribution in [3.05, 3.63) is 59.2 Å². The predicted octanol–water partition coefficient (Wildman–Crippen LogP) is 2.49. The number of sulfonamides is 1. The average molecular weight is 390 g/mol. The van der Waals surface area contributed by atoms with Crippen molar-refractivity contribution in [3.63, 3.8) is 0 Å². The van der Waals surface area contributed by atoms with Crippen LogP contribution in [0.3, 0.4) is 0 Å². The van der Waals surface area contributed by atoms with Crippen LogP contribution < -0.4 is 9.62 Å². The van der Waals surface area contributed by atoms with Crippen LogP contribution in [0.5, 0.6) is 0 Å². The molecule has 0 aliphatic carbocycles. The Morgan fingerprint density at radius 1 is 1.04 bits per heavy atom. The van der Waals surface area contributed by atoms with Gasteiger partial charge in [-0.15, -0.1) is 0 Å². The lowest BCUT2D eigenvalue weighted by atomic mass is 10.1. The van der Waals surface area contributed by atoms with Gasteiger partial charge >= 0.3 is 5.97 Å². The lowest BCUT2D eigenvalue weighted by Crippen LogP contribution is -2.38. The molecule has 0 unspecified atom stereocenters. The molecule has 0 radical (unpaired) electrons. The summed E-state index contributed by atoms with van der Waals surface area (Å²) in [5.41, 5.74) is 2.81. The standard InChI is InChI=1S/C19H22N2O5S/c1-13-6-5-7-14(2)18(13)21(27(4,24)25)12-17(22)20-16-10-8-15(9-11-16)19(23)26-3/h5-11H,12H2,1-4H3,(H,20,22). The van der Waals surface area contributed by atoms with Crippen LogP contribution in [0.25, 0.3) is 0 Å². The van der Waals surface area contributed by atoms with E-state index in [9.17, 15) is 18.0 Å². The molecule has 0 aliphatic heterocycles. The van der Waals surface area contributed by atoms with Gasteiger partial charge < -0.3 is 10.1 Å². The number of para-hydroxylation sites is 1. The number of hydrogen-bond acceptors (Lipinski definition) is 5. The van der Waals surface area contributed by atoms with E-state index in [1.807, 2.05) is 6.07 Å². The minimum absolute atomic E-state index is 0.351. The molecule has 1 N–H and O–H groups in total. The van der Waals surface area contributed by atoms with Crippen molar-refractivity contribution in [2.75, 3.05) is 29.5 Å². The van der Waals surface area contributed by atoms with Gasteiger partial charge in [-0.3, -0.25) is 9.10 Å². The third kappa shape index (κ3) is 5.07. The number of rotatable bonds is 6. The van der Waals surface area contributed by atoms with E-state index in [-0.39, 0.29) is 6.54 Å². The lowest BCUT2D eigenvalue weighted by Gasteiger charge is -2.25. The molecule has 2 aromatic rings. The molecule has 0 fully saturated rings. The van der Waals surface area contributed by atoms with E-state index in [4.69, 9.17) is 0 Å². The first-order chi connectivity index (χ1) is 12.6. The number of anilines is 2. The molecule has 0 saturated heterocycles. The van der Waals surface area contributed by atoms with Gasteiger partial charge in [-0.2, -0.15) is 0 Å². The molecular formula is C19H22N2O5S. The van der Waals surface area contributed by atoms with Crippen molar-refractivity contribution in [1.29, 1.82) is 0 Å². The smallest absolute Gasteiger partial charge is 0.337 e. The van der Waals surface area contributed by atoms with E-state index in [2.05, 4.69) is 10.1 Å². The molecular weight excluding hydrogens is 368 g/mol. The summed E-state index contributed by atoms with van der Waals surface area (Å²) in [7, 11) is -2.38. The summed E-state index contributed by atoms with van der Waals surface area (Å²) in [5.74, 6) is -0.972. The number of nitrogens with one attached hydrogen (secondary N) is 1. The highest BCUT2D eigenvalue weighted by Crippen LogP contribution is 2.26. The summed E-state index contributed by atoms with van der Waals surface area (Å²) in [5, 5.41) is 2.64. The minimum Gasteiger partial charge on any atom is -0.465 e. The molecule has 27 heavy (non-hydrogen) atoms. The van der Waals surface area contributed by atoms with Crippen LogP contribution in [0.15, 0.2) is 42.5 Å². The Hall–Kier alpha value is -2.87. The molecule has 0 aromatic heterocycles. The second-order valence-electron chi connectivity index (χ2n) is 6.13. The summed E-state index contributed by atoms with van der Waals surface area (Å²) in [6.07, 6.45) is 1.07. The van der Waals surface area contributed by atoms with Gasteiger partial charge in [0.15, 0.2) is 0 Å². The lowest BCUT2D eigenvalue weighted by molar-refractivity contribution is -0.114. The van der Waals surface area contributed by atoms with Crippen molar-refractivity contribution in [2.24, 2.45) is 0 Å². The van der Waals surface area contributed by atoms with E-state index >= 15 is 0 Å². The number of benzene rings is 2. The van der Waals surface area contributed by atoms with Gasteiger partial charge in [0.05, 0.1) is 24.6 Å². The number of nitrogens with zero attached hydrogens (tertiary/aromatic N) is 1. The molecule has 144 valence electrons. The summed E-state index contributed by atoms with van der Waals surface area (Å²) in [6, 6.07) is 11.6. The van der Waals surface area contributed by atoms with Gasteiger partial charge in [-0.25, -0.2) is 13.2 Å². The maximum Gasteiger partial charge on any atom is 0.337 e. The Kier molecular flexibility index (Phi) is 6.22. The molecule has 1 amide bonds. The quantitative estimate of drug-likeness (QED) is 0.765. The maximum absolute atomic E-state index is 12.4. The second-order valence-corrected chi connectivity index (χ2v) is 8.03. The molecule has 0 atom stereocenters. The molecule has 8 heteroatoms. The third-order valence-corrected chi connectivity index (χ3v) is 5.08. The highest BCUT2D eigenvalue weighted by Gasteiger charge is 2.23. The summed E-state index contributed by atoms with van der Waals surface area (Å²) in [4.78, 5) is 23.9. The molecule has 2 rings (SSSR count). The normalized spacial score (nSPS) is 11.0. The fraction of sp³-hybridized carbons (Fsp3) is 0.263. The number of ether oxygens (including phenoxy) is 1. The molecule has 0 saturated carbocycles. The average Bonchev–Trinajstić information content (AvgIpc) is 2.59. The summed E-state index contributed by atoms with van der Waals surface area (Å²) >= 11 is 0. The fourth-order valence-corrected chi connectivity index (χ4v) is 3.67. The van der Waals surface area contributed by atoms with Crippen LogP contribution in [0.4, 0.5) is 11.4 Å². The largest absolute Gasteiger partial charge is 0.465 e. The van der Waals surface area contributed by atoms with Gasteiger partial charge in [0.2, 0.25) is 15.9 Å². The van der Waals surface area contributed by atoms with E-state index in [1.165, 1.54) is 19.2 Å². The van der Waals surface area contributed by atoms with Crippen molar-refractivity contribution < 1.29 is 22.7 Å². The monoisotopic (exact) mass is 390 g/mol. The van der Waals surface area contributed by atoms with E-state index < -0.39 is 21.9 Å². The van der Waals surface area contributed by atoms with Gasteiger partial charge in [0, 0.05) is 5.69 Å². The van der Waals surface area contributed by atoms with Crippen LogP contribution >= 0.6 is 0 Å². The molecule has 7 nitrogen and oxygen atoms in total. The van der Waals surface area contributed by atoms with Crippen molar-refractivity contribution in [2.45, 2.75) is 13.8 Å². The molecule has 2 aromatic carbocycles. The zero-order valence-electron chi connectivity index (χ0n) is 15.6. The van der Waals surface area contributed by atoms with E-state index in [0.29, 0.717) is 16.9 Å². The van der Waals surface area contributed by atoms with Crippen LogP contribution in [0.2, 0.25) is 0 Å². The number of esters is 1. The molecule has 0 heterocycles. The first-order valence-corrected chi connectivity index (χ1v) is 10.0. The molecule has 0 bridgehead atoms. The van der Waals surface area contributed by atoms with E-state index in [0.717, 1.165) is 21.7 Å². The number of carbonyl (C=O) groups excluding carboxylic acids is 2. The molecule has 0 aliphatic rings. The Morgan fingerprint density at radius 3 is 2.07 bits per heavy atom. The summed E-state index contributed by atoms with van der Waals surface area (Å²) in [6.45, 7) is 3.23. The second kappa shape index (κ2) is 8.22. The number of carbonyl (C=O) groups is 2. The van der Waals surface area contributed by atoms with Crippen LogP contribution in [0.1, 0.15) is 21.5 Å². The van der Waals surface area contributed by atoms with Crippen LogP contribution in [0, 0.1) is 13.8 Å². The Morgan fingerprint density at radius 2 is 1.59 bits per heavy atom. The van der Waals surface area contributed by atoms with Crippen LogP contribution in [-0.4, -0.2) is 40.2 Å². The highest BCUT2D eigenvalue weighted by molar-refractivity contribution is 7.92. The SMILES string of the molecule is COC(=O)c1ccc(NC(=O)CN(c2c(C)cccc2C)S(C)(=O)=O)cc1. The van der Waals surface area contributed by atoms with Gasteiger partial charge in [-0.1, -0.05) is 18.2 Å². The van der Waals surface area contributed by atoms with Crippen molar-refractivity contribution >= 4 is 33.3 Å². The summed E-state index contributed by atoms with van der Waals surface area (Å²) < 4.78 is 30.3. The highest BCUT2D eigenvalue weighted by atomic mass is 32.2. The maximum atomic E-state index is 12.4. The zero-order valence-corrected chi connectivity index (χ0v) is 16.5. The van der Waals surface area contributed by atoms with Crippen LogP contribution in [-0.2, 0) is 19.6 Å². The predicted molar refractivity (Wildman–Crippen MR) is 105 cm³/mol. The van der Waals surface area contributed by atoms with Crippen molar-refractivity contribution in [3.8, 4) is 0 Å². The minimum atomic E-state index is -3.66. The van der Waals surface area contributed by atoms with Gasteiger partial charge in [0.25, 0.3) is 0 Å². The Labute approximate surface area is 159 Å². The van der Waals surface area contributed by atoms with E-state index in [1.54, 1.807) is 38.1 Å². The first kappa shape index (κ1) is 20.4. The fourth-order valence-electron chi connectivity index (χ4n) is 2.70. The number of amides is 1. The van der Waals surface area contributed by atoms with Gasteiger partial charge in [0.1, 0.15) is 6.54 Å². The molecule has 0 spiro atoms.